The minimum absolute atomic E-state index is 0.131. The van der Waals surface area contributed by atoms with Gasteiger partial charge in [-0.2, -0.15) is 13.2 Å². The van der Waals surface area contributed by atoms with Crippen LogP contribution < -0.4 is 11.3 Å². The maximum absolute atomic E-state index is 12.9. The molecule has 2 N–H and O–H groups in total. The van der Waals surface area contributed by atoms with E-state index < -0.39 is 11.7 Å². The Bertz CT molecular complexity index is 961. The first-order valence-electron chi connectivity index (χ1n) is 6.72. The van der Waals surface area contributed by atoms with E-state index in [9.17, 15) is 18.0 Å². The number of nitrogens with zero attached hydrogens (tertiary/aromatic N) is 2. The Balaban J connectivity index is 2.31. The molecule has 1 aromatic heterocycles. The molecule has 0 saturated carbocycles. The van der Waals surface area contributed by atoms with Crippen molar-refractivity contribution >= 4 is 16.6 Å². The predicted molar refractivity (Wildman–Crippen MR) is 81.8 cm³/mol. The lowest BCUT2D eigenvalue weighted by molar-refractivity contribution is -0.137. The van der Waals surface area contributed by atoms with Crippen molar-refractivity contribution in [1.82, 2.24) is 9.55 Å². The van der Waals surface area contributed by atoms with Gasteiger partial charge in [-0.05, 0) is 24.3 Å². The van der Waals surface area contributed by atoms with Crippen molar-refractivity contribution in [2.75, 3.05) is 5.73 Å². The van der Waals surface area contributed by atoms with Gasteiger partial charge in [0.15, 0.2) is 0 Å². The van der Waals surface area contributed by atoms with E-state index in [2.05, 4.69) is 4.98 Å². The number of hydrogen-bond donors (Lipinski definition) is 1. The molecular formula is C16H12F3N3O. The van der Waals surface area contributed by atoms with Crippen LogP contribution in [0.3, 0.4) is 0 Å². The standard InChI is InChI=1S/C16H12F3N3O/c1-22-14(9-4-2-5-10(8-9)16(17,18)19)21-13-11(15(22)23)6-3-7-12(13)20/h2-8H,20H2,1H3. The van der Waals surface area contributed by atoms with E-state index in [1.807, 2.05) is 0 Å². The van der Waals surface area contributed by atoms with Gasteiger partial charge >= 0.3 is 6.18 Å². The molecule has 23 heavy (non-hydrogen) atoms. The van der Waals surface area contributed by atoms with Crippen LogP contribution in [0.4, 0.5) is 18.9 Å². The summed E-state index contributed by atoms with van der Waals surface area (Å²) in [6, 6.07) is 9.49. The minimum atomic E-state index is -4.47. The Morgan fingerprint density at radius 1 is 1.13 bits per heavy atom. The molecule has 118 valence electrons. The highest BCUT2D eigenvalue weighted by Gasteiger charge is 2.30. The summed E-state index contributed by atoms with van der Waals surface area (Å²) in [5.74, 6) is 0.131. The van der Waals surface area contributed by atoms with E-state index >= 15 is 0 Å². The molecule has 0 bridgehead atoms. The van der Waals surface area contributed by atoms with Crippen LogP contribution in [0.1, 0.15) is 5.56 Å². The summed E-state index contributed by atoms with van der Waals surface area (Å²) in [6.45, 7) is 0. The molecule has 0 fully saturated rings. The van der Waals surface area contributed by atoms with Gasteiger partial charge in [0.05, 0.1) is 16.6 Å². The fourth-order valence-corrected chi connectivity index (χ4v) is 2.41. The Kier molecular flexibility index (Phi) is 3.35. The Morgan fingerprint density at radius 3 is 2.52 bits per heavy atom. The lowest BCUT2D eigenvalue weighted by Gasteiger charge is -2.12. The maximum atomic E-state index is 12.9. The van der Waals surface area contributed by atoms with E-state index in [-0.39, 0.29) is 22.5 Å². The van der Waals surface area contributed by atoms with Crippen LogP contribution in [0.5, 0.6) is 0 Å². The lowest BCUT2D eigenvalue weighted by Crippen LogP contribution is -2.20. The fraction of sp³-hybridized carbons (Fsp3) is 0.125. The van der Waals surface area contributed by atoms with Crippen LogP contribution in [-0.2, 0) is 13.2 Å². The average Bonchev–Trinajstić information content (AvgIpc) is 2.51. The number of hydrogen-bond acceptors (Lipinski definition) is 3. The summed E-state index contributed by atoms with van der Waals surface area (Å²) in [6.07, 6.45) is -4.47. The zero-order valence-corrected chi connectivity index (χ0v) is 12.1. The molecule has 0 spiro atoms. The summed E-state index contributed by atoms with van der Waals surface area (Å²) >= 11 is 0. The number of halogens is 3. The third-order valence-electron chi connectivity index (χ3n) is 3.59. The SMILES string of the molecule is Cn1c(-c2cccc(C(F)(F)F)c2)nc2c(N)cccc2c1=O. The largest absolute Gasteiger partial charge is 0.416 e. The van der Waals surface area contributed by atoms with E-state index in [4.69, 9.17) is 5.73 Å². The Labute approximate surface area is 129 Å². The first kappa shape index (κ1) is 15.1. The third-order valence-corrected chi connectivity index (χ3v) is 3.59. The van der Waals surface area contributed by atoms with Gasteiger partial charge in [0, 0.05) is 12.6 Å². The normalized spacial score (nSPS) is 11.8. The smallest absolute Gasteiger partial charge is 0.397 e. The van der Waals surface area contributed by atoms with Crippen molar-refractivity contribution in [2.24, 2.45) is 7.05 Å². The van der Waals surface area contributed by atoms with Crippen LogP contribution in [-0.4, -0.2) is 9.55 Å². The van der Waals surface area contributed by atoms with E-state index in [0.29, 0.717) is 11.1 Å². The number of benzene rings is 2. The molecule has 0 aliphatic carbocycles. The van der Waals surface area contributed by atoms with Gasteiger partial charge in [-0.15, -0.1) is 0 Å². The first-order chi connectivity index (χ1) is 10.8. The number of nitrogens with two attached hydrogens (primary N) is 1. The molecule has 0 aliphatic rings. The van der Waals surface area contributed by atoms with Gasteiger partial charge in [-0.1, -0.05) is 18.2 Å². The summed E-state index contributed by atoms with van der Waals surface area (Å²) in [7, 11) is 1.47. The molecule has 0 unspecified atom stereocenters. The maximum Gasteiger partial charge on any atom is 0.416 e. The van der Waals surface area contributed by atoms with Crippen molar-refractivity contribution in [3.63, 3.8) is 0 Å². The molecule has 4 nitrogen and oxygen atoms in total. The molecule has 3 rings (SSSR count). The monoisotopic (exact) mass is 319 g/mol. The molecule has 0 amide bonds. The topological polar surface area (TPSA) is 60.9 Å². The second kappa shape index (κ2) is 5.12. The van der Waals surface area contributed by atoms with Gasteiger partial charge in [0.2, 0.25) is 0 Å². The molecular weight excluding hydrogens is 307 g/mol. The number of anilines is 1. The molecule has 0 aliphatic heterocycles. The van der Waals surface area contributed by atoms with Crippen molar-refractivity contribution in [3.05, 3.63) is 58.4 Å². The average molecular weight is 319 g/mol. The van der Waals surface area contributed by atoms with Crippen LogP contribution in [0.25, 0.3) is 22.3 Å². The number of rotatable bonds is 1. The van der Waals surface area contributed by atoms with Gasteiger partial charge in [-0.3, -0.25) is 9.36 Å². The third kappa shape index (κ3) is 2.54. The van der Waals surface area contributed by atoms with Crippen molar-refractivity contribution in [1.29, 1.82) is 0 Å². The number of alkyl halides is 3. The van der Waals surface area contributed by atoms with Crippen molar-refractivity contribution in [2.45, 2.75) is 6.18 Å². The quantitative estimate of drug-likeness (QED) is 0.701. The lowest BCUT2D eigenvalue weighted by atomic mass is 10.1. The van der Waals surface area contributed by atoms with Gasteiger partial charge in [0.25, 0.3) is 5.56 Å². The first-order valence-corrected chi connectivity index (χ1v) is 6.72. The Morgan fingerprint density at radius 2 is 1.83 bits per heavy atom. The summed E-state index contributed by atoms with van der Waals surface area (Å²) in [5.41, 5.74) is 5.44. The van der Waals surface area contributed by atoms with Crippen LogP contribution >= 0.6 is 0 Å². The second-order valence-electron chi connectivity index (χ2n) is 5.12. The van der Waals surface area contributed by atoms with Gasteiger partial charge < -0.3 is 5.73 Å². The molecule has 0 atom stereocenters. The number of fused-ring (bicyclic) bond motifs is 1. The highest BCUT2D eigenvalue weighted by atomic mass is 19.4. The molecule has 2 aromatic carbocycles. The highest BCUT2D eigenvalue weighted by Crippen LogP contribution is 2.31. The zero-order valence-electron chi connectivity index (χ0n) is 12.1. The molecule has 7 heteroatoms. The van der Waals surface area contributed by atoms with Crippen LogP contribution in [0.15, 0.2) is 47.3 Å². The number of para-hydroxylation sites is 1. The van der Waals surface area contributed by atoms with Crippen LogP contribution in [0, 0.1) is 0 Å². The zero-order chi connectivity index (χ0) is 16.8. The second-order valence-corrected chi connectivity index (χ2v) is 5.12. The molecule has 3 aromatic rings. The highest BCUT2D eigenvalue weighted by molar-refractivity contribution is 5.89. The summed E-state index contributed by atoms with van der Waals surface area (Å²) < 4.78 is 39.8. The van der Waals surface area contributed by atoms with E-state index in [1.54, 1.807) is 18.2 Å². The minimum Gasteiger partial charge on any atom is -0.397 e. The Hall–Kier alpha value is -2.83. The number of nitrogen functional groups attached to an aromatic ring is 1. The summed E-state index contributed by atoms with van der Waals surface area (Å²) in [4.78, 5) is 16.7. The fourth-order valence-electron chi connectivity index (χ4n) is 2.41. The predicted octanol–water partition coefficient (Wildman–Crippen LogP) is 3.20. The van der Waals surface area contributed by atoms with Gasteiger partial charge in [0.1, 0.15) is 11.3 Å². The van der Waals surface area contributed by atoms with Crippen LogP contribution in [0.2, 0.25) is 0 Å². The number of aromatic nitrogens is 2. The molecule has 1 heterocycles. The van der Waals surface area contributed by atoms with E-state index in [0.717, 1.165) is 12.1 Å². The van der Waals surface area contributed by atoms with Gasteiger partial charge in [-0.25, -0.2) is 4.98 Å². The summed E-state index contributed by atoms with van der Waals surface area (Å²) in [5, 5.41) is 0.322. The van der Waals surface area contributed by atoms with Crippen molar-refractivity contribution in [3.8, 4) is 11.4 Å². The molecule has 0 radical (unpaired) electrons. The van der Waals surface area contributed by atoms with Crippen molar-refractivity contribution < 1.29 is 13.2 Å². The van der Waals surface area contributed by atoms with E-state index in [1.165, 1.54) is 23.7 Å². The molecule has 0 saturated heterocycles.